The highest BCUT2D eigenvalue weighted by atomic mass is 35.5. The minimum Gasteiger partial charge on any atom is -0.482 e. The van der Waals surface area contributed by atoms with E-state index < -0.39 is 0 Å². The predicted molar refractivity (Wildman–Crippen MR) is 70.8 cm³/mol. The number of hydrogen-bond acceptors (Lipinski definition) is 3. The molecule has 0 saturated carbocycles. The lowest BCUT2D eigenvalue weighted by Crippen LogP contribution is -2.40. The molecule has 0 aliphatic heterocycles. The summed E-state index contributed by atoms with van der Waals surface area (Å²) in [4.78, 5) is 11.6. The minimum absolute atomic E-state index is 0.00858. The Bertz CT molecular complexity index is 398. The molecule has 0 saturated heterocycles. The van der Waals surface area contributed by atoms with Crippen LogP contribution in [-0.2, 0) is 4.79 Å². The first-order chi connectivity index (χ1) is 8.54. The molecule has 0 radical (unpaired) electrons. The zero-order chi connectivity index (χ0) is 13.5. The van der Waals surface area contributed by atoms with Gasteiger partial charge in [-0.15, -0.1) is 0 Å². The van der Waals surface area contributed by atoms with Crippen molar-refractivity contribution in [2.75, 3.05) is 13.2 Å². The molecular weight excluding hydrogens is 254 g/mol. The maximum atomic E-state index is 11.6. The zero-order valence-corrected chi connectivity index (χ0v) is 11.3. The molecule has 1 aromatic carbocycles. The Kier molecular flexibility index (Phi) is 5.95. The number of rotatable bonds is 6. The molecule has 0 aliphatic rings. The number of amides is 1. The van der Waals surface area contributed by atoms with Crippen LogP contribution in [0.3, 0.4) is 0 Å². The normalized spacial score (nSPS) is 13.8. The second-order valence-corrected chi connectivity index (χ2v) is 4.64. The summed E-state index contributed by atoms with van der Waals surface area (Å²) in [6.45, 7) is 3.65. The van der Waals surface area contributed by atoms with Gasteiger partial charge in [0.1, 0.15) is 5.75 Å². The van der Waals surface area contributed by atoms with Crippen LogP contribution in [0.25, 0.3) is 0 Å². The van der Waals surface area contributed by atoms with Crippen LogP contribution in [-0.4, -0.2) is 30.3 Å². The van der Waals surface area contributed by atoms with Gasteiger partial charge >= 0.3 is 0 Å². The van der Waals surface area contributed by atoms with Gasteiger partial charge in [0, 0.05) is 12.6 Å². The van der Waals surface area contributed by atoms with Gasteiger partial charge in [0.2, 0.25) is 0 Å². The number of nitrogens with one attached hydrogen (secondary N) is 1. The van der Waals surface area contributed by atoms with Crippen LogP contribution in [0.2, 0.25) is 5.02 Å². The first-order valence-electron chi connectivity index (χ1n) is 5.82. The Morgan fingerprint density at radius 3 is 2.72 bits per heavy atom. The number of halogens is 1. The van der Waals surface area contributed by atoms with Crippen molar-refractivity contribution in [1.29, 1.82) is 0 Å². The molecule has 2 unspecified atom stereocenters. The molecule has 0 aliphatic carbocycles. The van der Waals surface area contributed by atoms with E-state index >= 15 is 0 Å². The van der Waals surface area contributed by atoms with Crippen molar-refractivity contribution in [3.8, 4) is 5.75 Å². The summed E-state index contributed by atoms with van der Waals surface area (Å²) in [5.41, 5.74) is 0. The third-order valence-electron chi connectivity index (χ3n) is 2.73. The van der Waals surface area contributed by atoms with E-state index in [-0.39, 0.29) is 31.1 Å². The van der Waals surface area contributed by atoms with Gasteiger partial charge in [-0.05, 0) is 25.0 Å². The van der Waals surface area contributed by atoms with Gasteiger partial charge in [-0.3, -0.25) is 4.79 Å². The molecule has 1 amide bonds. The number of benzene rings is 1. The smallest absolute Gasteiger partial charge is 0.258 e. The van der Waals surface area contributed by atoms with Crippen LogP contribution in [0.1, 0.15) is 13.8 Å². The molecule has 1 rings (SSSR count). The Labute approximate surface area is 112 Å². The highest BCUT2D eigenvalue weighted by Crippen LogP contribution is 2.22. The molecule has 0 heterocycles. The Balaban J connectivity index is 2.40. The van der Waals surface area contributed by atoms with Crippen molar-refractivity contribution >= 4 is 17.5 Å². The third-order valence-corrected chi connectivity index (χ3v) is 3.04. The second kappa shape index (κ2) is 7.24. The maximum absolute atomic E-state index is 11.6. The fraction of sp³-hybridized carbons (Fsp3) is 0.462. The summed E-state index contributed by atoms with van der Waals surface area (Å²) in [5.74, 6) is 0.258. The molecule has 1 aromatic rings. The Morgan fingerprint density at radius 1 is 1.44 bits per heavy atom. The van der Waals surface area contributed by atoms with E-state index in [0.717, 1.165) is 0 Å². The van der Waals surface area contributed by atoms with Crippen molar-refractivity contribution in [3.63, 3.8) is 0 Å². The average Bonchev–Trinajstić information content (AvgIpc) is 2.36. The largest absolute Gasteiger partial charge is 0.482 e. The fourth-order valence-electron chi connectivity index (χ4n) is 1.30. The summed E-state index contributed by atoms with van der Waals surface area (Å²) < 4.78 is 5.31. The number of aliphatic hydroxyl groups is 1. The van der Waals surface area contributed by atoms with Crippen molar-refractivity contribution in [2.45, 2.75) is 19.9 Å². The van der Waals surface area contributed by atoms with Crippen molar-refractivity contribution in [2.24, 2.45) is 5.92 Å². The van der Waals surface area contributed by atoms with Crippen LogP contribution < -0.4 is 10.1 Å². The monoisotopic (exact) mass is 271 g/mol. The Morgan fingerprint density at radius 2 is 2.11 bits per heavy atom. The molecule has 2 N–H and O–H groups in total. The molecule has 2 atom stereocenters. The van der Waals surface area contributed by atoms with E-state index in [1.54, 1.807) is 24.3 Å². The molecule has 0 bridgehead atoms. The van der Waals surface area contributed by atoms with Crippen LogP contribution in [0, 0.1) is 5.92 Å². The average molecular weight is 272 g/mol. The number of aliphatic hydroxyl groups excluding tert-OH is 1. The fourth-order valence-corrected chi connectivity index (χ4v) is 1.49. The molecule has 0 aromatic heterocycles. The van der Waals surface area contributed by atoms with Gasteiger partial charge in [0.15, 0.2) is 6.61 Å². The minimum atomic E-state index is -0.234. The topological polar surface area (TPSA) is 58.6 Å². The first kappa shape index (κ1) is 14.8. The maximum Gasteiger partial charge on any atom is 0.258 e. The summed E-state index contributed by atoms with van der Waals surface area (Å²) in [6, 6.07) is 6.88. The van der Waals surface area contributed by atoms with Crippen molar-refractivity contribution < 1.29 is 14.6 Å². The van der Waals surface area contributed by atoms with E-state index in [9.17, 15) is 4.79 Å². The lowest BCUT2D eigenvalue weighted by atomic mass is 10.1. The quantitative estimate of drug-likeness (QED) is 0.830. The molecule has 0 spiro atoms. The van der Waals surface area contributed by atoms with Gasteiger partial charge in [0.25, 0.3) is 5.91 Å². The van der Waals surface area contributed by atoms with Crippen molar-refractivity contribution in [3.05, 3.63) is 29.3 Å². The van der Waals surface area contributed by atoms with Gasteiger partial charge in [-0.25, -0.2) is 0 Å². The van der Waals surface area contributed by atoms with E-state index in [1.807, 2.05) is 13.8 Å². The van der Waals surface area contributed by atoms with Crippen LogP contribution in [0.15, 0.2) is 24.3 Å². The summed E-state index contributed by atoms with van der Waals surface area (Å²) >= 11 is 5.90. The van der Waals surface area contributed by atoms with E-state index in [4.69, 9.17) is 21.4 Å². The molecular formula is C13H18ClNO3. The highest BCUT2D eigenvalue weighted by molar-refractivity contribution is 6.32. The van der Waals surface area contributed by atoms with Crippen LogP contribution >= 0.6 is 11.6 Å². The third kappa shape index (κ3) is 4.55. The number of hydrogen-bond donors (Lipinski definition) is 2. The van der Waals surface area contributed by atoms with E-state index in [0.29, 0.717) is 10.8 Å². The van der Waals surface area contributed by atoms with Gasteiger partial charge in [0.05, 0.1) is 5.02 Å². The lowest BCUT2D eigenvalue weighted by molar-refractivity contribution is -0.124. The van der Waals surface area contributed by atoms with Crippen LogP contribution in [0.4, 0.5) is 0 Å². The Hall–Kier alpha value is -1.26. The molecule has 4 nitrogen and oxygen atoms in total. The molecule has 18 heavy (non-hydrogen) atoms. The summed E-state index contributed by atoms with van der Waals surface area (Å²) in [5, 5.41) is 12.2. The first-order valence-corrected chi connectivity index (χ1v) is 6.20. The SMILES string of the molecule is CC(CO)C(C)NC(=O)COc1ccccc1Cl. The standard InChI is InChI=1S/C13H18ClNO3/c1-9(7-16)10(2)15-13(17)8-18-12-6-4-3-5-11(12)14/h3-6,9-10,16H,7-8H2,1-2H3,(H,15,17). The van der Waals surface area contributed by atoms with Crippen molar-refractivity contribution in [1.82, 2.24) is 5.32 Å². The van der Waals surface area contributed by atoms with E-state index in [2.05, 4.69) is 5.32 Å². The second-order valence-electron chi connectivity index (χ2n) is 4.24. The number of ether oxygens (including phenoxy) is 1. The number of carbonyl (C=O) groups excluding carboxylic acids is 1. The summed E-state index contributed by atoms with van der Waals surface area (Å²) in [7, 11) is 0. The van der Waals surface area contributed by atoms with Gasteiger partial charge < -0.3 is 15.2 Å². The highest BCUT2D eigenvalue weighted by Gasteiger charge is 2.14. The lowest BCUT2D eigenvalue weighted by Gasteiger charge is -2.19. The molecule has 5 heteroatoms. The van der Waals surface area contributed by atoms with Gasteiger partial charge in [-0.2, -0.15) is 0 Å². The summed E-state index contributed by atoms with van der Waals surface area (Å²) in [6.07, 6.45) is 0. The van der Waals surface area contributed by atoms with Crippen LogP contribution in [0.5, 0.6) is 5.75 Å². The predicted octanol–water partition coefficient (Wildman–Crippen LogP) is 1.85. The molecule has 0 fully saturated rings. The number of para-hydroxylation sites is 1. The van der Waals surface area contributed by atoms with E-state index in [1.165, 1.54) is 0 Å². The van der Waals surface area contributed by atoms with Gasteiger partial charge in [-0.1, -0.05) is 30.7 Å². The number of carbonyl (C=O) groups is 1. The molecule has 100 valence electrons. The zero-order valence-electron chi connectivity index (χ0n) is 10.5.